The van der Waals surface area contributed by atoms with Crippen molar-refractivity contribution in [1.82, 2.24) is 4.72 Å². The Bertz CT molecular complexity index is 581. The van der Waals surface area contributed by atoms with E-state index in [4.69, 9.17) is 4.74 Å². The molecule has 0 aliphatic heterocycles. The topological polar surface area (TPSA) is 55.4 Å². The van der Waals surface area contributed by atoms with E-state index in [9.17, 15) is 8.42 Å². The van der Waals surface area contributed by atoms with Gasteiger partial charge in [0.1, 0.15) is 5.75 Å². The molecule has 4 nitrogen and oxygen atoms in total. The Hall–Kier alpha value is -1.07. The van der Waals surface area contributed by atoms with Crippen molar-refractivity contribution in [2.75, 3.05) is 12.4 Å². The van der Waals surface area contributed by atoms with Gasteiger partial charge in [-0.3, -0.25) is 0 Å². The van der Waals surface area contributed by atoms with Crippen LogP contribution in [0.4, 0.5) is 0 Å². The first-order valence-electron chi connectivity index (χ1n) is 8.64. The van der Waals surface area contributed by atoms with E-state index in [2.05, 4.69) is 30.7 Å². The molecule has 0 radical (unpaired) electrons. The van der Waals surface area contributed by atoms with E-state index in [1.165, 1.54) is 5.56 Å². The number of sulfonamides is 1. The minimum Gasteiger partial charge on any atom is -0.493 e. The lowest BCUT2D eigenvalue weighted by Gasteiger charge is -2.31. The molecule has 1 N–H and O–H groups in total. The van der Waals surface area contributed by atoms with Crippen LogP contribution in [0.1, 0.15) is 57.9 Å². The molecule has 0 aromatic heterocycles. The van der Waals surface area contributed by atoms with E-state index in [1.807, 2.05) is 12.1 Å². The van der Waals surface area contributed by atoms with Gasteiger partial charge in [-0.1, -0.05) is 38.8 Å². The molecular formula is C18H29NO3S. The van der Waals surface area contributed by atoms with E-state index in [0.717, 1.165) is 31.4 Å². The average Bonchev–Trinajstić information content (AvgIpc) is 2.54. The molecule has 0 bridgehead atoms. The minimum absolute atomic E-state index is 0.00337. The van der Waals surface area contributed by atoms with Gasteiger partial charge in [-0.05, 0) is 43.4 Å². The van der Waals surface area contributed by atoms with Gasteiger partial charge in [0.25, 0.3) is 0 Å². The van der Waals surface area contributed by atoms with Crippen LogP contribution in [-0.2, 0) is 10.0 Å². The van der Waals surface area contributed by atoms with Gasteiger partial charge < -0.3 is 4.74 Å². The van der Waals surface area contributed by atoms with Crippen LogP contribution in [-0.4, -0.2) is 26.8 Å². The predicted molar refractivity (Wildman–Crippen MR) is 94.4 cm³/mol. The second kappa shape index (κ2) is 8.15. The summed E-state index contributed by atoms with van der Waals surface area (Å²) < 4.78 is 32.4. The van der Waals surface area contributed by atoms with Gasteiger partial charge in [-0.2, -0.15) is 0 Å². The van der Waals surface area contributed by atoms with Gasteiger partial charge in [-0.25, -0.2) is 13.1 Å². The fourth-order valence-corrected chi connectivity index (χ4v) is 3.97. The summed E-state index contributed by atoms with van der Waals surface area (Å²) in [6.45, 7) is 6.58. The largest absolute Gasteiger partial charge is 0.493 e. The normalized spacial score (nSPS) is 22.3. The molecule has 0 heterocycles. The maximum Gasteiger partial charge on any atom is 0.211 e. The van der Waals surface area contributed by atoms with Crippen LogP contribution in [0.2, 0.25) is 0 Å². The zero-order valence-corrected chi connectivity index (χ0v) is 15.2. The molecule has 1 fully saturated rings. The van der Waals surface area contributed by atoms with E-state index in [0.29, 0.717) is 12.5 Å². The lowest BCUT2D eigenvalue weighted by Crippen LogP contribution is -2.44. The summed E-state index contributed by atoms with van der Waals surface area (Å²) in [5.41, 5.74) is 1.29. The Balaban J connectivity index is 1.94. The van der Waals surface area contributed by atoms with Crippen LogP contribution in [0.3, 0.4) is 0 Å². The molecular weight excluding hydrogens is 310 g/mol. The number of rotatable bonds is 7. The molecule has 130 valence electrons. The van der Waals surface area contributed by atoms with Crippen LogP contribution in [0.25, 0.3) is 0 Å². The molecule has 0 spiro atoms. The lowest BCUT2D eigenvalue weighted by molar-refractivity contribution is 0.180. The van der Waals surface area contributed by atoms with Crippen molar-refractivity contribution in [3.8, 4) is 5.75 Å². The first kappa shape index (κ1) is 18.3. The predicted octanol–water partition coefficient (Wildman–Crippen LogP) is 3.69. The summed E-state index contributed by atoms with van der Waals surface area (Å²) in [7, 11) is -3.16. The molecule has 1 aromatic carbocycles. The monoisotopic (exact) mass is 339 g/mol. The van der Waals surface area contributed by atoms with Crippen LogP contribution >= 0.6 is 0 Å². The van der Waals surface area contributed by atoms with Gasteiger partial charge >= 0.3 is 0 Å². The number of ether oxygens (including phenoxy) is 1. The van der Waals surface area contributed by atoms with E-state index in [-0.39, 0.29) is 17.7 Å². The fraction of sp³-hybridized carbons (Fsp3) is 0.667. The number of hydrogen-bond acceptors (Lipinski definition) is 3. The van der Waals surface area contributed by atoms with Crippen molar-refractivity contribution in [3.05, 3.63) is 29.8 Å². The van der Waals surface area contributed by atoms with Crippen LogP contribution in [0.15, 0.2) is 24.3 Å². The van der Waals surface area contributed by atoms with Crippen LogP contribution in [0.5, 0.6) is 5.75 Å². The minimum atomic E-state index is -3.16. The van der Waals surface area contributed by atoms with E-state index >= 15 is 0 Å². The molecule has 2 atom stereocenters. The van der Waals surface area contributed by atoms with Gasteiger partial charge in [0, 0.05) is 12.0 Å². The first-order valence-corrected chi connectivity index (χ1v) is 10.3. The third-order valence-corrected chi connectivity index (χ3v) is 6.05. The smallest absolute Gasteiger partial charge is 0.211 e. The summed E-state index contributed by atoms with van der Waals surface area (Å²) in [5.74, 6) is 1.75. The molecule has 1 aliphatic rings. The molecule has 1 aromatic rings. The zero-order valence-electron chi connectivity index (χ0n) is 14.4. The Kier molecular flexibility index (Phi) is 6.48. The first-order chi connectivity index (χ1) is 10.9. The van der Waals surface area contributed by atoms with Crippen LogP contribution < -0.4 is 9.46 Å². The fourth-order valence-electron chi connectivity index (χ4n) is 3.03. The highest BCUT2D eigenvalue weighted by Gasteiger charge is 2.28. The molecule has 1 aliphatic carbocycles. The third kappa shape index (κ3) is 5.50. The summed E-state index contributed by atoms with van der Waals surface area (Å²) in [5, 5.41) is 0. The zero-order chi connectivity index (χ0) is 16.9. The summed E-state index contributed by atoms with van der Waals surface area (Å²) in [6, 6.07) is 8.20. The van der Waals surface area contributed by atoms with Gasteiger partial charge in [0.2, 0.25) is 10.0 Å². The van der Waals surface area contributed by atoms with Crippen molar-refractivity contribution in [2.24, 2.45) is 5.92 Å². The second-order valence-corrected chi connectivity index (χ2v) is 8.75. The summed E-state index contributed by atoms with van der Waals surface area (Å²) in [4.78, 5) is 0. The SMILES string of the molecule is CCS(=O)(=O)N[C@@H]1CCCC[C@@H]1COc1ccc(C(C)C)cc1. The molecule has 2 rings (SSSR count). The number of benzene rings is 1. The summed E-state index contributed by atoms with van der Waals surface area (Å²) in [6.07, 6.45) is 4.14. The van der Waals surface area contributed by atoms with Crippen LogP contribution in [0, 0.1) is 5.92 Å². The molecule has 23 heavy (non-hydrogen) atoms. The third-order valence-electron chi connectivity index (χ3n) is 4.63. The van der Waals surface area contributed by atoms with Crippen molar-refractivity contribution < 1.29 is 13.2 Å². The molecule has 0 saturated heterocycles. The lowest BCUT2D eigenvalue weighted by atomic mass is 9.86. The number of hydrogen-bond donors (Lipinski definition) is 1. The highest BCUT2D eigenvalue weighted by atomic mass is 32.2. The highest BCUT2D eigenvalue weighted by molar-refractivity contribution is 7.89. The molecule has 1 saturated carbocycles. The standard InChI is InChI=1S/C18H29NO3S/c1-4-23(20,21)19-18-8-6-5-7-16(18)13-22-17-11-9-15(10-12-17)14(2)3/h9-12,14,16,18-19H,4-8,13H2,1-3H3/t16-,18-/m1/s1. The Morgan fingerprint density at radius 2 is 1.83 bits per heavy atom. The van der Waals surface area contributed by atoms with Gasteiger partial charge in [0.05, 0.1) is 12.4 Å². The second-order valence-electron chi connectivity index (χ2n) is 6.71. The maximum atomic E-state index is 11.8. The Morgan fingerprint density at radius 3 is 2.43 bits per heavy atom. The summed E-state index contributed by atoms with van der Waals surface area (Å²) >= 11 is 0. The van der Waals surface area contributed by atoms with Crippen molar-refractivity contribution in [2.45, 2.75) is 58.4 Å². The quantitative estimate of drug-likeness (QED) is 0.824. The maximum absolute atomic E-state index is 11.8. The Morgan fingerprint density at radius 1 is 1.17 bits per heavy atom. The highest BCUT2D eigenvalue weighted by Crippen LogP contribution is 2.26. The average molecular weight is 340 g/mol. The number of nitrogens with one attached hydrogen (secondary N) is 1. The van der Waals surface area contributed by atoms with Gasteiger partial charge in [-0.15, -0.1) is 0 Å². The van der Waals surface area contributed by atoms with E-state index < -0.39 is 10.0 Å². The van der Waals surface area contributed by atoms with Gasteiger partial charge in [0.15, 0.2) is 0 Å². The molecule has 0 unspecified atom stereocenters. The van der Waals surface area contributed by atoms with Crippen molar-refractivity contribution in [3.63, 3.8) is 0 Å². The van der Waals surface area contributed by atoms with Crippen molar-refractivity contribution in [1.29, 1.82) is 0 Å². The van der Waals surface area contributed by atoms with E-state index in [1.54, 1.807) is 6.92 Å². The molecule has 0 amide bonds. The Labute approximate surface area is 140 Å². The molecule has 5 heteroatoms. The van der Waals surface area contributed by atoms with Crippen molar-refractivity contribution >= 4 is 10.0 Å².